The summed E-state index contributed by atoms with van der Waals surface area (Å²) in [6.07, 6.45) is 3.16. The minimum absolute atomic E-state index is 0. The number of hydrogen-bond donors (Lipinski definition) is 2. The van der Waals surface area contributed by atoms with Crippen molar-refractivity contribution in [2.24, 2.45) is 21.7 Å². The normalized spacial score (nSPS) is 16.9. The summed E-state index contributed by atoms with van der Waals surface area (Å²) in [5.41, 5.74) is 16.7. The summed E-state index contributed by atoms with van der Waals surface area (Å²) in [5.74, 6) is -0.230. The number of nitrogens with zero attached hydrogens (tertiary/aromatic N) is 3. The van der Waals surface area contributed by atoms with E-state index in [1.165, 1.54) is 6.07 Å². The number of rotatable bonds is 2. The van der Waals surface area contributed by atoms with Crippen LogP contribution in [0.4, 0.5) is 4.39 Å². The van der Waals surface area contributed by atoms with Crippen LogP contribution < -0.4 is 11.5 Å². The Labute approximate surface area is 164 Å². The molecule has 1 aliphatic rings. The van der Waals surface area contributed by atoms with E-state index in [1.54, 1.807) is 18.3 Å². The van der Waals surface area contributed by atoms with E-state index in [1.807, 2.05) is 19.9 Å². The zero-order valence-corrected chi connectivity index (χ0v) is 16.2. The fourth-order valence-electron chi connectivity index (χ4n) is 3.28. The molecule has 2 aromatic rings. The van der Waals surface area contributed by atoms with Crippen molar-refractivity contribution in [3.63, 3.8) is 0 Å². The number of nitrogens with two attached hydrogens (primary N) is 2. The maximum atomic E-state index is 13.7. The Morgan fingerprint density at radius 2 is 1.85 bits per heavy atom. The number of pyridine rings is 1. The number of aryl methyl sites for hydroxylation is 2. The first-order valence-electron chi connectivity index (χ1n) is 7.82. The van der Waals surface area contributed by atoms with E-state index in [4.69, 9.17) is 11.5 Å². The van der Waals surface area contributed by atoms with Crippen molar-refractivity contribution in [3.8, 4) is 0 Å². The average molecular weight is 398 g/mol. The van der Waals surface area contributed by atoms with E-state index in [9.17, 15) is 4.39 Å². The minimum atomic E-state index is -0.235. The zero-order chi connectivity index (χ0) is 17.3. The second kappa shape index (κ2) is 8.96. The van der Waals surface area contributed by atoms with Crippen LogP contribution >= 0.6 is 24.8 Å². The largest absolute Gasteiger partial charge is 0.369 e. The molecule has 1 heterocycles. The van der Waals surface area contributed by atoms with Crippen LogP contribution in [0, 0.1) is 19.7 Å². The Bertz CT molecular complexity index is 847. The van der Waals surface area contributed by atoms with E-state index >= 15 is 0 Å². The Kier molecular flexibility index (Phi) is 7.54. The fraction of sp³-hybridized carbons (Fsp3) is 0.278. The van der Waals surface area contributed by atoms with Gasteiger partial charge >= 0.3 is 0 Å². The summed E-state index contributed by atoms with van der Waals surface area (Å²) in [6.45, 7) is 4.00. The molecule has 140 valence electrons. The molecule has 0 fully saturated rings. The van der Waals surface area contributed by atoms with Gasteiger partial charge in [-0.2, -0.15) is 5.10 Å². The second-order valence-corrected chi connectivity index (χ2v) is 6.13. The lowest BCUT2D eigenvalue weighted by Gasteiger charge is -2.27. The molecule has 1 aromatic carbocycles. The SMILES string of the molecule is Cc1ccc(F)cc1[C@@H]1C/C(=N\N=C(N)N)c2c(C)ccnc2C1.Cl.Cl. The van der Waals surface area contributed by atoms with E-state index in [-0.39, 0.29) is 42.5 Å². The lowest BCUT2D eigenvalue weighted by molar-refractivity contribution is 0.612. The maximum Gasteiger partial charge on any atom is 0.211 e. The van der Waals surface area contributed by atoms with Crippen LogP contribution in [-0.2, 0) is 6.42 Å². The Morgan fingerprint density at radius 3 is 2.54 bits per heavy atom. The molecule has 0 radical (unpaired) electrons. The summed E-state index contributed by atoms with van der Waals surface area (Å²) >= 11 is 0. The van der Waals surface area contributed by atoms with Crippen LogP contribution in [0.25, 0.3) is 0 Å². The molecule has 1 atom stereocenters. The van der Waals surface area contributed by atoms with Crippen LogP contribution in [0.1, 0.15) is 40.3 Å². The first-order valence-corrected chi connectivity index (χ1v) is 7.82. The van der Waals surface area contributed by atoms with Gasteiger partial charge in [0.25, 0.3) is 0 Å². The molecule has 3 rings (SSSR count). The van der Waals surface area contributed by atoms with E-state index in [0.717, 1.165) is 40.1 Å². The van der Waals surface area contributed by atoms with Crippen molar-refractivity contribution < 1.29 is 4.39 Å². The fourth-order valence-corrected chi connectivity index (χ4v) is 3.28. The molecule has 8 heteroatoms. The van der Waals surface area contributed by atoms with Gasteiger partial charge in [0, 0.05) is 11.8 Å². The molecule has 0 aliphatic heterocycles. The molecule has 5 nitrogen and oxygen atoms in total. The Balaban J connectivity index is 0.00000169. The molecular formula is C18H22Cl2FN5. The summed E-state index contributed by atoms with van der Waals surface area (Å²) in [7, 11) is 0. The monoisotopic (exact) mass is 397 g/mol. The summed E-state index contributed by atoms with van der Waals surface area (Å²) < 4.78 is 13.7. The van der Waals surface area contributed by atoms with Crippen molar-refractivity contribution in [1.29, 1.82) is 0 Å². The lowest BCUT2D eigenvalue weighted by atomic mass is 9.79. The maximum absolute atomic E-state index is 13.7. The van der Waals surface area contributed by atoms with Crippen molar-refractivity contribution in [2.45, 2.75) is 32.6 Å². The van der Waals surface area contributed by atoms with Gasteiger partial charge in [0.15, 0.2) is 0 Å². The number of fused-ring (bicyclic) bond motifs is 1. The number of guanidine groups is 1. The highest BCUT2D eigenvalue weighted by atomic mass is 35.5. The van der Waals surface area contributed by atoms with E-state index in [2.05, 4.69) is 15.2 Å². The van der Waals surface area contributed by atoms with Crippen molar-refractivity contribution in [1.82, 2.24) is 4.98 Å². The first-order chi connectivity index (χ1) is 11.5. The number of halogens is 3. The highest BCUT2D eigenvalue weighted by molar-refractivity contribution is 6.04. The van der Waals surface area contributed by atoms with Gasteiger partial charge in [0.05, 0.1) is 11.4 Å². The summed E-state index contributed by atoms with van der Waals surface area (Å²) in [5, 5.41) is 8.05. The molecule has 1 aromatic heterocycles. The quantitative estimate of drug-likeness (QED) is 0.462. The van der Waals surface area contributed by atoms with Gasteiger partial charge in [-0.1, -0.05) is 6.07 Å². The van der Waals surface area contributed by atoms with Gasteiger partial charge in [-0.3, -0.25) is 4.98 Å². The highest BCUT2D eigenvalue weighted by Gasteiger charge is 2.28. The molecule has 26 heavy (non-hydrogen) atoms. The minimum Gasteiger partial charge on any atom is -0.369 e. The number of benzene rings is 1. The van der Waals surface area contributed by atoms with Crippen molar-refractivity contribution >= 4 is 36.5 Å². The molecule has 0 spiro atoms. The van der Waals surface area contributed by atoms with Crippen LogP contribution in [0.3, 0.4) is 0 Å². The topological polar surface area (TPSA) is 89.6 Å². The van der Waals surface area contributed by atoms with Gasteiger partial charge in [-0.25, -0.2) is 4.39 Å². The number of aromatic nitrogens is 1. The molecule has 0 saturated carbocycles. The molecule has 0 unspecified atom stereocenters. The van der Waals surface area contributed by atoms with E-state index < -0.39 is 0 Å². The summed E-state index contributed by atoms with van der Waals surface area (Å²) in [6, 6.07) is 6.82. The van der Waals surface area contributed by atoms with E-state index in [0.29, 0.717) is 6.42 Å². The predicted molar refractivity (Wildman–Crippen MR) is 108 cm³/mol. The highest BCUT2D eigenvalue weighted by Crippen LogP contribution is 2.35. The van der Waals surface area contributed by atoms with Gasteiger partial charge < -0.3 is 11.5 Å². The Morgan fingerprint density at radius 1 is 1.12 bits per heavy atom. The van der Waals surface area contributed by atoms with Crippen molar-refractivity contribution in [2.75, 3.05) is 0 Å². The van der Waals surface area contributed by atoms with Gasteiger partial charge in [0.1, 0.15) is 5.82 Å². The number of hydrogen-bond acceptors (Lipinski definition) is 3. The molecular weight excluding hydrogens is 376 g/mol. The molecule has 0 saturated heterocycles. The first kappa shape index (κ1) is 21.9. The van der Waals surface area contributed by atoms with Crippen LogP contribution in [-0.4, -0.2) is 16.7 Å². The van der Waals surface area contributed by atoms with Crippen molar-refractivity contribution in [3.05, 3.63) is 64.2 Å². The third-order valence-corrected chi connectivity index (χ3v) is 4.37. The average Bonchev–Trinajstić information content (AvgIpc) is 2.54. The van der Waals surface area contributed by atoms with Crippen LogP contribution in [0.5, 0.6) is 0 Å². The third-order valence-electron chi connectivity index (χ3n) is 4.37. The zero-order valence-electron chi connectivity index (χ0n) is 14.6. The molecule has 1 aliphatic carbocycles. The standard InChI is InChI=1S/C18H20FN5.2ClH/c1-10-3-4-13(19)9-14(10)12-7-15-17(11(2)5-6-22-15)16(8-12)23-24-18(20)21;;/h3-6,9,12H,7-8H2,1-2H3,(H4,20,21,24);2*1H/b23-16+;;/t12-;;/m0../s1. The van der Waals surface area contributed by atoms with Gasteiger partial charge in [0.2, 0.25) is 5.96 Å². The van der Waals surface area contributed by atoms with Crippen LogP contribution in [0.15, 0.2) is 40.7 Å². The second-order valence-electron chi connectivity index (χ2n) is 6.13. The molecule has 0 amide bonds. The smallest absolute Gasteiger partial charge is 0.211 e. The third kappa shape index (κ3) is 4.51. The van der Waals surface area contributed by atoms with Gasteiger partial charge in [-0.15, -0.1) is 29.9 Å². The lowest BCUT2D eigenvalue weighted by Crippen LogP contribution is -2.24. The Hall–Kier alpha value is -2.18. The van der Waals surface area contributed by atoms with Gasteiger partial charge in [-0.05, 0) is 67.5 Å². The molecule has 0 bridgehead atoms. The predicted octanol–water partition coefficient (Wildman–Crippen LogP) is 3.39. The molecule has 4 N–H and O–H groups in total. The van der Waals surface area contributed by atoms with Crippen LogP contribution in [0.2, 0.25) is 0 Å². The summed E-state index contributed by atoms with van der Waals surface area (Å²) in [4.78, 5) is 4.50.